The lowest BCUT2D eigenvalue weighted by Gasteiger charge is -2.38. The lowest BCUT2D eigenvalue weighted by atomic mass is 10.1. The van der Waals surface area contributed by atoms with Crippen molar-refractivity contribution in [3.63, 3.8) is 0 Å². The van der Waals surface area contributed by atoms with Gasteiger partial charge in [-0.25, -0.2) is 0 Å². The maximum atomic E-state index is 12.6. The summed E-state index contributed by atoms with van der Waals surface area (Å²) < 4.78 is 0. The van der Waals surface area contributed by atoms with Gasteiger partial charge in [0.25, 0.3) is 11.6 Å². The Kier molecular flexibility index (Phi) is 4.82. The Hall–Kier alpha value is -1.66. The number of piperazine rings is 1. The molecule has 0 unspecified atom stereocenters. The third-order valence-electron chi connectivity index (χ3n) is 4.83. The SMILES string of the molecule is O=C(c1cc([N+](=O)[O-])ccc1Cl)N1CCN(C2CCCC2)CC1. The van der Waals surface area contributed by atoms with E-state index in [1.807, 2.05) is 0 Å². The molecule has 1 amide bonds. The van der Waals surface area contributed by atoms with Crippen LogP contribution < -0.4 is 0 Å². The number of hydrogen-bond acceptors (Lipinski definition) is 4. The molecule has 7 heteroatoms. The first-order chi connectivity index (χ1) is 11.1. The average molecular weight is 338 g/mol. The summed E-state index contributed by atoms with van der Waals surface area (Å²) >= 11 is 6.07. The number of amides is 1. The van der Waals surface area contributed by atoms with E-state index in [1.54, 1.807) is 4.90 Å². The quantitative estimate of drug-likeness (QED) is 0.628. The summed E-state index contributed by atoms with van der Waals surface area (Å²) in [6.07, 6.45) is 5.11. The number of rotatable bonds is 3. The van der Waals surface area contributed by atoms with Gasteiger partial charge in [0.15, 0.2) is 0 Å². The van der Waals surface area contributed by atoms with Crippen LogP contribution in [0.4, 0.5) is 5.69 Å². The minimum absolute atomic E-state index is 0.109. The largest absolute Gasteiger partial charge is 0.336 e. The third-order valence-corrected chi connectivity index (χ3v) is 5.16. The molecule has 1 aliphatic carbocycles. The second-order valence-electron chi connectivity index (χ2n) is 6.19. The van der Waals surface area contributed by atoms with Crippen molar-refractivity contribution >= 4 is 23.2 Å². The number of halogens is 1. The molecule has 1 aromatic carbocycles. The smallest absolute Gasteiger partial charge is 0.270 e. The Morgan fingerprint density at radius 2 is 1.83 bits per heavy atom. The highest BCUT2D eigenvalue weighted by Gasteiger charge is 2.29. The molecule has 2 aliphatic rings. The van der Waals surface area contributed by atoms with Gasteiger partial charge in [-0.3, -0.25) is 19.8 Å². The van der Waals surface area contributed by atoms with Crippen LogP contribution in [0.5, 0.6) is 0 Å². The van der Waals surface area contributed by atoms with Gasteiger partial charge in [-0.15, -0.1) is 0 Å². The molecular weight excluding hydrogens is 318 g/mol. The van der Waals surface area contributed by atoms with Crippen LogP contribution in [0.1, 0.15) is 36.0 Å². The van der Waals surface area contributed by atoms with Gasteiger partial charge >= 0.3 is 0 Å². The molecule has 0 radical (unpaired) electrons. The monoisotopic (exact) mass is 337 g/mol. The number of carbonyl (C=O) groups excluding carboxylic acids is 1. The summed E-state index contributed by atoms with van der Waals surface area (Å²) in [5.74, 6) is -0.218. The Labute approximate surface area is 140 Å². The zero-order chi connectivity index (χ0) is 16.4. The number of nitrogens with zero attached hydrogens (tertiary/aromatic N) is 3. The molecule has 1 saturated carbocycles. The van der Waals surface area contributed by atoms with Crippen LogP contribution in [0.25, 0.3) is 0 Å². The Balaban J connectivity index is 1.67. The van der Waals surface area contributed by atoms with E-state index >= 15 is 0 Å². The Morgan fingerprint density at radius 3 is 2.43 bits per heavy atom. The van der Waals surface area contributed by atoms with Gasteiger partial charge in [0.05, 0.1) is 15.5 Å². The second kappa shape index (κ2) is 6.84. The van der Waals surface area contributed by atoms with Gasteiger partial charge in [0.1, 0.15) is 0 Å². The molecule has 3 rings (SSSR count). The second-order valence-corrected chi connectivity index (χ2v) is 6.59. The van der Waals surface area contributed by atoms with Crippen molar-refractivity contribution < 1.29 is 9.72 Å². The van der Waals surface area contributed by atoms with E-state index in [0.717, 1.165) is 13.1 Å². The van der Waals surface area contributed by atoms with E-state index < -0.39 is 4.92 Å². The highest BCUT2D eigenvalue weighted by Crippen LogP contribution is 2.26. The third kappa shape index (κ3) is 3.48. The van der Waals surface area contributed by atoms with E-state index in [2.05, 4.69) is 4.90 Å². The number of carbonyl (C=O) groups is 1. The van der Waals surface area contributed by atoms with Gasteiger partial charge in [-0.05, 0) is 18.9 Å². The first kappa shape index (κ1) is 16.2. The van der Waals surface area contributed by atoms with Crippen molar-refractivity contribution in [2.75, 3.05) is 26.2 Å². The molecule has 1 heterocycles. The zero-order valence-electron chi connectivity index (χ0n) is 12.9. The van der Waals surface area contributed by atoms with Crippen molar-refractivity contribution in [2.24, 2.45) is 0 Å². The van der Waals surface area contributed by atoms with E-state index in [9.17, 15) is 14.9 Å². The molecule has 0 aromatic heterocycles. The van der Waals surface area contributed by atoms with Gasteiger partial charge < -0.3 is 4.90 Å². The van der Waals surface area contributed by atoms with Gasteiger partial charge in [-0.2, -0.15) is 0 Å². The normalized spacial score (nSPS) is 20.0. The minimum atomic E-state index is -0.509. The number of benzene rings is 1. The first-order valence-electron chi connectivity index (χ1n) is 8.03. The van der Waals surface area contributed by atoms with Crippen molar-refractivity contribution in [3.05, 3.63) is 38.9 Å². The predicted molar refractivity (Wildman–Crippen MR) is 87.8 cm³/mol. The molecule has 2 fully saturated rings. The van der Waals surface area contributed by atoms with E-state index in [0.29, 0.717) is 19.1 Å². The number of nitro benzene ring substituents is 1. The summed E-state index contributed by atoms with van der Waals surface area (Å²) in [5.41, 5.74) is 0.109. The maximum Gasteiger partial charge on any atom is 0.270 e. The molecule has 0 atom stereocenters. The van der Waals surface area contributed by atoms with Crippen LogP contribution in [0.3, 0.4) is 0 Å². The van der Waals surface area contributed by atoms with Crippen LogP contribution in [-0.2, 0) is 0 Å². The fourth-order valence-corrected chi connectivity index (χ4v) is 3.72. The summed E-state index contributed by atoms with van der Waals surface area (Å²) in [7, 11) is 0. The Morgan fingerprint density at radius 1 is 1.17 bits per heavy atom. The number of hydrogen-bond donors (Lipinski definition) is 0. The van der Waals surface area contributed by atoms with Crippen molar-refractivity contribution in [1.82, 2.24) is 9.80 Å². The standard InChI is InChI=1S/C16H20ClN3O3/c17-15-6-5-13(20(22)23)11-14(15)16(21)19-9-7-18(8-10-19)12-3-1-2-4-12/h5-6,11-12H,1-4,7-10H2. The van der Waals surface area contributed by atoms with Crippen LogP contribution in [-0.4, -0.2) is 52.9 Å². The average Bonchev–Trinajstić information content (AvgIpc) is 3.09. The molecule has 6 nitrogen and oxygen atoms in total. The summed E-state index contributed by atoms with van der Waals surface area (Å²) in [5, 5.41) is 11.1. The van der Waals surface area contributed by atoms with Crippen molar-refractivity contribution in [1.29, 1.82) is 0 Å². The summed E-state index contributed by atoms with van der Waals surface area (Å²) in [6, 6.07) is 4.67. The molecule has 1 aliphatic heterocycles. The van der Waals surface area contributed by atoms with Crippen molar-refractivity contribution in [2.45, 2.75) is 31.7 Å². The van der Waals surface area contributed by atoms with Gasteiger partial charge in [0, 0.05) is 44.4 Å². The van der Waals surface area contributed by atoms with Crippen molar-refractivity contribution in [3.8, 4) is 0 Å². The molecule has 1 aromatic rings. The Bertz CT molecular complexity index is 609. The lowest BCUT2D eigenvalue weighted by molar-refractivity contribution is -0.384. The fraction of sp³-hybridized carbons (Fsp3) is 0.562. The van der Waals surface area contributed by atoms with E-state index in [-0.39, 0.29) is 22.2 Å². The van der Waals surface area contributed by atoms with Gasteiger partial charge in [0.2, 0.25) is 0 Å². The zero-order valence-corrected chi connectivity index (χ0v) is 13.7. The highest BCUT2D eigenvalue weighted by molar-refractivity contribution is 6.33. The number of nitro groups is 1. The summed E-state index contributed by atoms with van der Waals surface area (Å²) in [6.45, 7) is 3.02. The highest BCUT2D eigenvalue weighted by atomic mass is 35.5. The van der Waals surface area contributed by atoms with E-state index in [1.165, 1.54) is 43.9 Å². The topological polar surface area (TPSA) is 66.7 Å². The molecular formula is C16H20ClN3O3. The fourth-order valence-electron chi connectivity index (χ4n) is 3.52. The first-order valence-corrected chi connectivity index (χ1v) is 8.41. The van der Waals surface area contributed by atoms with Crippen LogP contribution >= 0.6 is 11.6 Å². The predicted octanol–water partition coefficient (Wildman–Crippen LogP) is 2.95. The van der Waals surface area contributed by atoms with Crippen LogP contribution in [0.2, 0.25) is 5.02 Å². The lowest BCUT2D eigenvalue weighted by Crippen LogP contribution is -2.51. The minimum Gasteiger partial charge on any atom is -0.336 e. The molecule has 124 valence electrons. The molecule has 1 saturated heterocycles. The van der Waals surface area contributed by atoms with Crippen LogP contribution in [0, 0.1) is 10.1 Å². The molecule has 0 spiro atoms. The maximum absolute atomic E-state index is 12.6. The van der Waals surface area contributed by atoms with Crippen LogP contribution in [0.15, 0.2) is 18.2 Å². The number of non-ortho nitro benzene ring substituents is 1. The molecule has 0 bridgehead atoms. The summed E-state index contributed by atoms with van der Waals surface area (Å²) in [4.78, 5) is 27.2. The van der Waals surface area contributed by atoms with E-state index in [4.69, 9.17) is 11.6 Å². The molecule has 0 N–H and O–H groups in total. The molecule has 23 heavy (non-hydrogen) atoms. The van der Waals surface area contributed by atoms with Gasteiger partial charge in [-0.1, -0.05) is 24.4 Å².